The normalized spacial score (nSPS) is 10.9. The average Bonchev–Trinajstić information content (AvgIpc) is 3.06. The molecule has 3 rings (SSSR count). The van der Waals surface area contributed by atoms with Crippen LogP contribution < -0.4 is 25.2 Å². The van der Waals surface area contributed by atoms with Gasteiger partial charge in [-0.3, -0.25) is 9.69 Å². The molecule has 0 spiro atoms. The molecule has 0 radical (unpaired) electrons. The Labute approximate surface area is 167 Å². The van der Waals surface area contributed by atoms with Crippen molar-refractivity contribution in [3.63, 3.8) is 0 Å². The van der Waals surface area contributed by atoms with Crippen LogP contribution in [-0.2, 0) is 11.3 Å². The number of nitrogens with one attached hydrogen (secondary N) is 3. The summed E-state index contributed by atoms with van der Waals surface area (Å²) in [6.07, 6.45) is 0. The number of anilines is 1. The first-order valence-electron chi connectivity index (χ1n) is 8.93. The summed E-state index contributed by atoms with van der Waals surface area (Å²) in [5.74, 6) is 1.48. The number of imidazole rings is 1. The van der Waals surface area contributed by atoms with Crippen molar-refractivity contribution >= 4 is 22.6 Å². The van der Waals surface area contributed by atoms with Gasteiger partial charge in [0, 0.05) is 17.8 Å². The molecule has 2 aromatic carbocycles. The van der Waals surface area contributed by atoms with E-state index >= 15 is 0 Å². The van der Waals surface area contributed by atoms with Crippen LogP contribution in [0.4, 0.5) is 5.69 Å². The molecule has 0 saturated carbocycles. The van der Waals surface area contributed by atoms with Gasteiger partial charge in [0.05, 0.1) is 38.9 Å². The average molecular weight is 400 g/mol. The molecule has 0 fully saturated rings. The summed E-state index contributed by atoms with van der Waals surface area (Å²) in [5, 5.41) is 2.84. The van der Waals surface area contributed by atoms with Gasteiger partial charge >= 0.3 is 5.69 Å². The van der Waals surface area contributed by atoms with Gasteiger partial charge in [-0.05, 0) is 31.3 Å². The van der Waals surface area contributed by atoms with Crippen molar-refractivity contribution in [1.82, 2.24) is 14.9 Å². The van der Waals surface area contributed by atoms with Gasteiger partial charge < -0.3 is 29.5 Å². The number of aromatic nitrogens is 2. The maximum atomic E-state index is 12.4. The fraction of sp³-hybridized carbons (Fsp3) is 0.300. The number of fused-ring (bicyclic) bond motifs is 1. The van der Waals surface area contributed by atoms with Crippen LogP contribution in [0.25, 0.3) is 11.0 Å². The van der Waals surface area contributed by atoms with Crippen LogP contribution in [0.1, 0.15) is 5.56 Å². The number of likely N-dealkylation sites (N-methyl/N-ethyl adjacent to an activating group) is 1. The molecular formula is C20H24N4O5. The lowest BCUT2D eigenvalue weighted by molar-refractivity contribution is -0.117. The van der Waals surface area contributed by atoms with Gasteiger partial charge in [0.15, 0.2) is 11.5 Å². The minimum absolute atomic E-state index is 0.166. The third-order valence-electron chi connectivity index (χ3n) is 4.44. The zero-order chi connectivity index (χ0) is 21.0. The Bertz CT molecular complexity index is 1070. The molecule has 29 heavy (non-hydrogen) atoms. The van der Waals surface area contributed by atoms with E-state index in [1.165, 1.54) is 0 Å². The second kappa shape index (κ2) is 8.70. The summed E-state index contributed by atoms with van der Waals surface area (Å²) in [6.45, 7) is 0.639. The van der Waals surface area contributed by atoms with Gasteiger partial charge in [0.2, 0.25) is 11.7 Å². The van der Waals surface area contributed by atoms with Crippen molar-refractivity contribution < 1.29 is 19.0 Å². The second-order valence-corrected chi connectivity index (χ2v) is 6.55. The highest BCUT2D eigenvalue weighted by Crippen LogP contribution is 2.40. The first-order chi connectivity index (χ1) is 13.9. The molecule has 1 amide bonds. The largest absolute Gasteiger partial charge is 0.493 e. The molecule has 0 bridgehead atoms. The van der Waals surface area contributed by atoms with E-state index in [1.807, 2.05) is 18.0 Å². The lowest BCUT2D eigenvalue weighted by Crippen LogP contribution is -2.30. The molecule has 0 aliphatic heterocycles. The fourth-order valence-corrected chi connectivity index (χ4v) is 3.19. The number of rotatable bonds is 8. The van der Waals surface area contributed by atoms with Gasteiger partial charge in [0.1, 0.15) is 0 Å². The minimum atomic E-state index is -0.285. The van der Waals surface area contributed by atoms with E-state index in [-0.39, 0.29) is 18.1 Å². The molecule has 0 aliphatic carbocycles. The van der Waals surface area contributed by atoms with Crippen molar-refractivity contribution in [2.45, 2.75) is 6.54 Å². The maximum Gasteiger partial charge on any atom is 0.323 e. The van der Waals surface area contributed by atoms with E-state index in [9.17, 15) is 9.59 Å². The second-order valence-electron chi connectivity index (χ2n) is 6.55. The lowest BCUT2D eigenvalue weighted by atomic mass is 10.1. The Hall–Kier alpha value is -3.46. The molecule has 154 valence electrons. The summed E-state index contributed by atoms with van der Waals surface area (Å²) in [7, 11) is 6.52. The van der Waals surface area contributed by atoms with Gasteiger partial charge in [-0.15, -0.1) is 0 Å². The highest BCUT2D eigenvalue weighted by atomic mass is 16.5. The Morgan fingerprint density at radius 3 is 2.41 bits per heavy atom. The van der Waals surface area contributed by atoms with Crippen LogP contribution in [-0.4, -0.2) is 55.7 Å². The number of carbonyl (C=O) groups is 1. The number of carbonyl (C=O) groups excluding carboxylic acids is 1. The molecule has 9 nitrogen and oxygen atoms in total. The van der Waals surface area contributed by atoms with Crippen molar-refractivity contribution in [2.75, 3.05) is 40.2 Å². The number of hydrogen-bond acceptors (Lipinski definition) is 6. The van der Waals surface area contributed by atoms with E-state index in [0.29, 0.717) is 40.5 Å². The quantitative estimate of drug-likeness (QED) is 0.533. The van der Waals surface area contributed by atoms with Crippen molar-refractivity contribution in [3.8, 4) is 17.2 Å². The molecule has 1 heterocycles. The molecule has 9 heteroatoms. The molecule has 1 aromatic heterocycles. The van der Waals surface area contributed by atoms with E-state index in [2.05, 4.69) is 15.3 Å². The number of ether oxygens (including phenoxy) is 3. The van der Waals surface area contributed by atoms with Gasteiger partial charge in [-0.1, -0.05) is 6.07 Å². The number of aromatic amines is 2. The van der Waals surface area contributed by atoms with Crippen LogP contribution in [0, 0.1) is 0 Å². The molecule has 0 atom stereocenters. The highest BCUT2D eigenvalue weighted by molar-refractivity contribution is 5.94. The van der Waals surface area contributed by atoms with Crippen LogP contribution in [0.3, 0.4) is 0 Å². The van der Waals surface area contributed by atoms with Crippen molar-refractivity contribution in [3.05, 3.63) is 46.4 Å². The summed E-state index contributed by atoms with van der Waals surface area (Å²) < 4.78 is 16.2. The monoisotopic (exact) mass is 400 g/mol. The topological polar surface area (TPSA) is 109 Å². The Kier molecular flexibility index (Phi) is 6.08. The Morgan fingerprint density at radius 1 is 1.00 bits per heavy atom. The number of amides is 1. The van der Waals surface area contributed by atoms with Crippen LogP contribution >= 0.6 is 0 Å². The van der Waals surface area contributed by atoms with E-state index < -0.39 is 0 Å². The molecule has 0 saturated heterocycles. The molecule has 3 aromatic rings. The standard InChI is InChI=1S/C20H24N4O5/c1-24(10-12-5-8-16(27-2)19(29-4)18(12)28-3)11-17(25)21-13-6-7-14-15(9-13)23-20(26)22-14/h5-9H,10-11H2,1-4H3,(H,21,25)(H2,22,23,26). The van der Waals surface area contributed by atoms with Gasteiger partial charge in [-0.25, -0.2) is 4.79 Å². The summed E-state index contributed by atoms with van der Waals surface area (Å²) >= 11 is 0. The zero-order valence-electron chi connectivity index (χ0n) is 16.8. The number of nitrogens with zero attached hydrogens (tertiary/aromatic N) is 1. The third kappa shape index (κ3) is 4.52. The summed E-state index contributed by atoms with van der Waals surface area (Å²) in [5.41, 5.74) is 2.51. The first kappa shape index (κ1) is 20.3. The van der Waals surface area contributed by atoms with E-state index in [0.717, 1.165) is 5.56 Å². The minimum Gasteiger partial charge on any atom is -0.493 e. The number of hydrogen-bond donors (Lipinski definition) is 3. The predicted octanol–water partition coefficient (Wildman–Crippen LogP) is 1.95. The highest BCUT2D eigenvalue weighted by Gasteiger charge is 2.17. The molecule has 0 unspecified atom stereocenters. The zero-order valence-corrected chi connectivity index (χ0v) is 16.8. The molecule has 3 N–H and O–H groups in total. The van der Waals surface area contributed by atoms with Crippen LogP contribution in [0.15, 0.2) is 35.1 Å². The van der Waals surface area contributed by atoms with Gasteiger partial charge in [-0.2, -0.15) is 0 Å². The number of H-pyrrole nitrogens is 2. The number of methoxy groups -OCH3 is 3. The third-order valence-corrected chi connectivity index (χ3v) is 4.44. The van der Waals surface area contributed by atoms with Crippen molar-refractivity contribution in [1.29, 1.82) is 0 Å². The summed E-state index contributed by atoms with van der Waals surface area (Å²) in [6, 6.07) is 8.87. The lowest BCUT2D eigenvalue weighted by Gasteiger charge is -2.20. The maximum absolute atomic E-state index is 12.4. The van der Waals surface area contributed by atoms with E-state index in [4.69, 9.17) is 14.2 Å². The summed E-state index contributed by atoms with van der Waals surface area (Å²) in [4.78, 5) is 31.0. The Morgan fingerprint density at radius 2 is 1.72 bits per heavy atom. The fourth-order valence-electron chi connectivity index (χ4n) is 3.19. The smallest absolute Gasteiger partial charge is 0.323 e. The van der Waals surface area contributed by atoms with Crippen LogP contribution in [0.5, 0.6) is 17.2 Å². The Balaban J connectivity index is 1.67. The SMILES string of the molecule is COc1ccc(CN(C)CC(=O)Nc2ccc3[nH]c(=O)[nH]c3c2)c(OC)c1OC. The van der Waals surface area contributed by atoms with Gasteiger partial charge in [0.25, 0.3) is 0 Å². The molecule has 0 aliphatic rings. The van der Waals surface area contributed by atoms with Crippen LogP contribution in [0.2, 0.25) is 0 Å². The first-order valence-corrected chi connectivity index (χ1v) is 8.93. The molecular weight excluding hydrogens is 376 g/mol. The number of benzene rings is 2. The predicted molar refractivity (Wildman–Crippen MR) is 110 cm³/mol. The van der Waals surface area contributed by atoms with Crippen molar-refractivity contribution in [2.24, 2.45) is 0 Å². The van der Waals surface area contributed by atoms with E-state index in [1.54, 1.807) is 45.6 Å².